The standard InChI is InChI=1S/C83H63NO2/c1-79(2,3)54-40-44-61-62-45-41-55(80(4,5)6)49-71(62)83(70(61)48-54)68-35-20-22-39-76(68)86-78-69(83)36-23-37-74(78)84(56-42-46-63-60-30-13-16-31-64(60)81(72(63)50-56,52-24-9-7-10-25-52)53-26-11-8-12-27-53)57-43-47-77-73(51-57)82(67-34-19-21-38-75(67)85-77)65-32-17-14-28-58(65)59-29-15-18-33-66(59)82/h7-51H,1-6H3. The van der Waals surface area contributed by atoms with Gasteiger partial charge >= 0.3 is 0 Å². The molecular weight excluding hydrogens is 1040 g/mol. The molecule has 0 amide bonds. The molecule has 2 heterocycles. The predicted molar refractivity (Wildman–Crippen MR) is 351 cm³/mol. The third-order valence-corrected chi connectivity index (χ3v) is 19.8. The molecule has 0 saturated heterocycles. The van der Waals surface area contributed by atoms with E-state index in [9.17, 15) is 0 Å². The maximum Gasteiger partial charge on any atom is 0.156 e. The van der Waals surface area contributed by atoms with E-state index < -0.39 is 16.2 Å². The molecule has 0 unspecified atom stereocenters. The fourth-order valence-electron chi connectivity index (χ4n) is 16.0. The van der Waals surface area contributed by atoms with Gasteiger partial charge in [0, 0.05) is 33.6 Å². The van der Waals surface area contributed by atoms with Gasteiger partial charge in [-0.1, -0.05) is 266 Å². The molecule has 0 radical (unpaired) electrons. The summed E-state index contributed by atoms with van der Waals surface area (Å²) in [6.07, 6.45) is 0. The van der Waals surface area contributed by atoms with Crippen molar-refractivity contribution in [2.75, 3.05) is 4.90 Å². The maximum atomic E-state index is 7.75. The first-order chi connectivity index (χ1) is 41.9. The number of ether oxygens (including phenoxy) is 2. The van der Waals surface area contributed by atoms with Crippen molar-refractivity contribution >= 4 is 17.1 Å². The van der Waals surface area contributed by atoms with Crippen molar-refractivity contribution in [1.29, 1.82) is 0 Å². The second-order valence-electron chi connectivity index (χ2n) is 26.2. The quantitative estimate of drug-likeness (QED) is 0.171. The summed E-state index contributed by atoms with van der Waals surface area (Å²) in [5.74, 6) is 3.36. The molecule has 0 N–H and O–H groups in total. The van der Waals surface area contributed by atoms with Gasteiger partial charge in [0.2, 0.25) is 0 Å². The van der Waals surface area contributed by atoms with Crippen molar-refractivity contribution in [2.24, 2.45) is 0 Å². The molecular formula is C83H63NO2. The Balaban J connectivity index is 0.991. The van der Waals surface area contributed by atoms with Crippen LogP contribution in [0.4, 0.5) is 17.1 Å². The molecule has 0 aromatic heterocycles. The van der Waals surface area contributed by atoms with Gasteiger partial charge in [-0.05, 0) is 148 Å². The third kappa shape index (κ3) is 6.69. The average molecular weight is 1110 g/mol. The van der Waals surface area contributed by atoms with Crippen LogP contribution in [0, 0.1) is 0 Å². The lowest BCUT2D eigenvalue weighted by atomic mass is 9.64. The Labute approximate surface area is 504 Å². The normalized spacial score (nSPS) is 15.1. The molecule has 0 atom stereocenters. The zero-order valence-electron chi connectivity index (χ0n) is 49.2. The summed E-state index contributed by atoms with van der Waals surface area (Å²) in [4.78, 5) is 2.50. The van der Waals surface area contributed by atoms with Gasteiger partial charge in [0.1, 0.15) is 17.2 Å². The van der Waals surface area contributed by atoms with Crippen molar-refractivity contribution in [3.05, 3.63) is 351 Å². The molecule has 2 spiro atoms. The van der Waals surface area contributed by atoms with E-state index in [0.717, 1.165) is 62.3 Å². The Bertz CT molecular complexity index is 4650. The zero-order chi connectivity index (χ0) is 57.9. The van der Waals surface area contributed by atoms with E-state index in [2.05, 4.69) is 319 Å². The molecule has 2 aliphatic heterocycles. The summed E-state index contributed by atoms with van der Waals surface area (Å²) >= 11 is 0. The lowest BCUT2D eigenvalue weighted by Crippen LogP contribution is -2.33. The second kappa shape index (κ2) is 18.0. The zero-order valence-corrected chi connectivity index (χ0v) is 49.2. The van der Waals surface area contributed by atoms with Gasteiger partial charge in [-0.15, -0.1) is 0 Å². The van der Waals surface area contributed by atoms with Crippen LogP contribution in [0.1, 0.15) is 119 Å². The predicted octanol–water partition coefficient (Wildman–Crippen LogP) is 21.1. The summed E-state index contributed by atoms with van der Waals surface area (Å²) in [7, 11) is 0. The van der Waals surface area contributed by atoms with Gasteiger partial charge in [0.05, 0.1) is 21.9 Å². The number of anilines is 3. The Morgan fingerprint density at radius 3 is 1.16 bits per heavy atom. The van der Waals surface area contributed by atoms with Gasteiger partial charge in [-0.25, -0.2) is 0 Å². The van der Waals surface area contributed by atoms with Crippen LogP contribution < -0.4 is 14.4 Å². The molecule has 12 aromatic carbocycles. The van der Waals surface area contributed by atoms with Crippen LogP contribution in [0.15, 0.2) is 273 Å². The van der Waals surface area contributed by atoms with E-state index in [-0.39, 0.29) is 10.8 Å². The fourth-order valence-corrected chi connectivity index (χ4v) is 16.0. The number of rotatable bonds is 5. The SMILES string of the molecule is CC(C)(C)c1ccc2c(c1)C1(c3ccccc3Oc3c(N(c4ccc5c(c4)C4(c6ccccc6O5)c5ccccc5-c5ccccc54)c4ccc5c(c4)C(c4ccccc4)(c4ccccc4)c4ccccc4-5)cccc31)c1cc(C(C)(C)C)ccc1-2. The van der Waals surface area contributed by atoms with Crippen LogP contribution >= 0.6 is 0 Å². The topological polar surface area (TPSA) is 21.7 Å². The summed E-state index contributed by atoms with van der Waals surface area (Å²) in [5, 5.41) is 0. The summed E-state index contributed by atoms with van der Waals surface area (Å²) in [5.41, 5.74) is 25.1. The van der Waals surface area contributed by atoms with Gasteiger partial charge in [-0.3, -0.25) is 0 Å². The maximum absolute atomic E-state index is 7.75. The van der Waals surface area contributed by atoms with Crippen molar-refractivity contribution in [2.45, 2.75) is 68.6 Å². The third-order valence-electron chi connectivity index (χ3n) is 19.8. The monoisotopic (exact) mass is 1110 g/mol. The van der Waals surface area contributed by atoms with Gasteiger partial charge in [0.25, 0.3) is 0 Å². The number of nitrogens with zero attached hydrogens (tertiary/aromatic N) is 1. The molecule has 0 fully saturated rings. The molecule has 3 heteroatoms. The molecule has 3 nitrogen and oxygen atoms in total. The molecule has 412 valence electrons. The minimum atomic E-state index is -0.747. The van der Waals surface area contributed by atoms with Crippen LogP contribution in [0.2, 0.25) is 0 Å². The smallest absolute Gasteiger partial charge is 0.156 e. The first-order valence-corrected chi connectivity index (χ1v) is 30.4. The molecule has 0 bridgehead atoms. The van der Waals surface area contributed by atoms with E-state index in [0.29, 0.717) is 0 Å². The lowest BCUT2D eigenvalue weighted by Gasteiger charge is -2.42. The summed E-state index contributed by atoms with van der Waals surface area (Å²) in [6.45, 7) is 14.0. The molecule has 0 saturated carbocycles. The molecule has 5 aliphatic rings. The fraction of sp³-hybridized carbons (Fsp3) is 0.133. The highest BCUT2D eigenvalue weighted by Gasteiger charge is 2.55. The van der Waals surface area contributed by atoms with Crippen molar-refractivity contribution < 1.29 is 9.47 Å². The van der Waals surface area contributed by atoms with Crippen LogP contribution in [-0.2, 0) is 27.1 Å². The van der Waals surface area contributed by atoms with Gasteiger partial charge in [0.15, 0.2) is 5.75 Å². The summed E-state index contributed by atoms with van der Waals surface area (Å²) in [6, 6.07) is 102. The Morgan fingerprint density at radius 1 is 0.267 bits per heavy atom. The summed E-state index contributed by atoms with van der Waals surface area (Å²) < 4.78 is 14.9. The van der Waals surface area contributed by atoms with E-state index >= 15 is 0 Å². The lowest BCUT2D eigenvalue weighted by molar-refractivity contribution is 0.436. The highest BCUT2D eigenvalue weighted by Crippen LogP contribution is 2.67. The van der Waals surface area contributed by atoms with Crippen molar-refractivity contribution in [3.8, 4) is 56.4 Å². The van der Waals surface area contributed by atoms with E-state index in [1.807, 2.05) is 0 Å². The highest BCUT2D eigenvalue weighted by molar-refractivity contribution is 5.95. The number of para-hydroxylation sites is 3. The second-order valence-corrected chi connectivity index (χ2v) is 26.2. The number of hydrogen-bond acceptors (Lipinski definition) is 3. The number of hydrogen-bond donors (Lipinski definition) is 0. The number of benzene rings is 12. The van der Waals surface area contributed by atoms with Gasteiger partial charge in [-0.2, -0.15) is 0 Å². The Hall–Kier alpha value is -9.96. The van der Waals surface area contributed by atoms with Crippen molar-refractivity contribution in [1.82, 2.24) is 0 Å². The molecule has 86 heavy (non-hydrogen) atoms. The molecule has 17 rings (SSSR count). The Kier molecular flexibility index (Phi) is 10.6. The number of fused-ring (bicyclic) bond motifs is 21. The first kappa shape index (κ1) is 50.5. The molecule has 3 aliphatic carbocycles. The van der Waals surface area contributed by atoms with Gasteiger partial charge < -0.3 is 14.4 Å². The largest absolute Gasteiger partial charge is 0.457 e. The average Bonchev–Trinajstić information content (AvgIpc) is 1.46. The van der Waals surface area contributed by atoms with Crippen LogP contribution in [-0.4, -0.2) is 0 Å². The van der Waals surface area contributed by atoms with E-state index in [1.165, 1.54) is 89.0 Å². The molecule has 12 aromatic rings. The highest BCUT2D eigenvalue weighted by atomic mass is 16.5. The van der Waals surface area contributed by atoms with E-state index in [1.54, 1.807) is 0 Å². The van der Waals surface area contributed by atoms with Crippen molar-refractivity contribution in [3.63, 3.8) is 0 Å². The van der Waals surface area contributed by atoms with Crippen LogP contribution in [0.5, 0.6) is 23.0 Å². The van der Waals surface area contributed by atoms with Crippen LogP contribution in [0.3, 0.4) is 0 Å². The minimum absolute atomic E-state index is 0.107. The van der Waals surface area contributed by atoms with E-state index in [4.69, 9.17) is 9.47 Å². The Morgan fingerprint density at radius 2 is 0.640 bits per heavy atom. The van der Waals surface area contributed by atoms with Crippen LogP contribution in [0.25, 0.3) is 33.4 Å². The first-order valence-electron chi connectivity index (χ1n) is 30.4. The minimum Gasteiger partial charge on any atom is -0.457 e.